The topological polar surface area (TPSA) is 52.2 Å². The van der Waals surface area contributed by atoms with Crippen LogP contribution in [0, 0.1) is 0 Å². The van der Waals surface area contributed by atoms with Crippen molar-refractivity contribution in [1.82, 2.24) is 19.8 Å². The number of nitrogens with one attached hydrogen (secondary N) is 1. The highest BCUT2D eigenvalue weighted by atomic mass is 35.5. The third-order valence-corrected chi connectivity index (χ3v) is 5.26. The van der Waals surface area contributed by atoms with Crippen LogP contribution in [0.15, 0.2) is 42.6 Å². The number of benzene rings is 1. The molecule has 4 rings (SSSR count). The number of alkyl halides is 3. The van der Waals surface area contributed by atoms with Gasteiger partial charge in [0.1, 0.15) is 10.8 Å². The lowest BCUT2D eigenvalue weighted by Gasteiger charge is -2.34. The van der Waals surface area contributed by atoms with Crippen LogP contribution in [0.2, 0.25) is 5.15 Å². The van der Waals surface area contributed by atoms with Crippen molar-refractivity contribution in [1.29, 1.82) is 0 Å². The molecule has 0 unspecified atom stereocenters. The maximum Gasteiger partial charge on any atom is 0.416 e. The number of carbonyl (C=O) groups is 1. The maximum atomic E-state index is 12.8. The highest BCUT2D eigenvalue weighted by molar-refractivity contribution is 6.30. The zero-order chi connectivity index (χ0) is 20.6. The first kappa shape index (κ1) is 19.7. The SMILES string of the molecule is O=C(c1cc2cc(Cl)ncc2[nH]1)N1CCN(Cc2ccc(C(F)(F)F)cc2)CC1. The summed E-state index contributed by atoms with van der Waals surface area (Å²) in [6, 6.07) is 8.68. The van der Waals surface area contributed by atoms with E-state index in [2.05, 4.69) is 14.9 Å². The molecule has 3 heterocycles. The zero-order valence-corrected chi connectivity index (χ0v) is 16.1. The molecule has 0 atom stereocenters. The van der Waals surface area contributed by atoms with Gasteiger partial charge in [0.15, 0.2) is 0 Å². The van der Waals surface area contributed by atoms with Gasteiger partial charge in [-0.15, -0.1) is 0 Å². The second kappa shape index (κ2) is 7.68. The number of hydrogen-bond acceptors (Lipinski definition) is 3. The molecule has 1 N–H and O–H groups in total. The molecule has 0 radical (unpaired) electrons. The lowest BCUT2D eigenvalue weighted by Crippen LogP contribution is -2.48. The van der Waals surface area contributed by atoms with Gasteiger partial charge in [-0.1, -0.05) is 23.7 Å². The summed E-state index contributed by atoms with van der Waals surface area (Å²) in [6.45, 7) is 2.96. The van der Waals surface area contributed by atoms with Crippen molar-refractivity contribution >= 4 is 28.4 Å². The Morgan fingerprint density at radius 3 is 2.45 bits per heavy atom. The third-order valence-electron chi connectivity index (χ3n) is 5.05. The molecule has 2 aromatic heterocycles. The number of pyridine rings is 1. The number of aromatic amines is 1. The zero-order valence-electron chi connectivity index (χ0n) is 15.3. The van der Waals surface area contributed by atoms with E-state index in [-0.39, 0.29) is 5.91 Å². The predicted molar refractivity (Wildman–Crippen MR) is 104 cm³/mol. The van der Waals surface area contributed by atoms with Gasteiger partial charge in [-0.25, -0.2) is 4.98 Å². The van der Waals surface area contributed by atoms with Crippen molar-refractivity contribution in [2.24, 2.45) is 0 Å². The minimum absolute atomic E-state index is 0.0912. The summed E-state index contributed by atoms with van der Waals surface area (Å²) in [5.74, 6) is -0.0912. The van der Waals surface area contributed by atoms with E-state index in [1.165, 1.54) is 12.1 Å². The summed E-state index contributed by atoms with van der Waals surface area (Å²) >= 11 is 5.89. The first-order valence-electron chi connectivity index (χ1n) is 9.11. The van der Waals surface area contributed by atoms with Crippen LogP contribution in [-0.4, -0.2) is 51.9 Å². The normalized spacial score (nSPS) is 15.8. The minimum Gasteiger partial charge on any atom is -0.349 e. The first-order valence-corrected chi connectivity index (χ1v) is 9.49. The Morgan fingerprint density at radius 1 is 1.10 bits per heavy atom. The van der Waals surface area contributed by atoms with Crippen LogP contribution >= 0.6 is 11.6 Å². The third kappa shape index (κ3) is 4.38. The van der Waals surface area contributed by atoms with E-state index >= 15 is 0 Å². The van der Waals surface area contributed by atoms with E-state index < -0.39 is 11.7 Å². The number of amides is 1. The van der Waals surface area contributed by atoms with E-state index in [0.717, 1.165) is 28.6 Å². The van der Waals surface area contributed by atoms with Gasteiger partial charge >= 0.3 is 6.18 Å². The monoisotopic (exact) mass is 422 g/mol. The summed E-state index contributed by atoms with van der Waals surface area (Å²) in [5, 5.41) is 1.20. The smallest absolute Gasteiger partial charge is 0.349 e. The molecule has 152 valence electrons. The summed E-state index contributed by atoms with van der Waals surface area (Å²) in [5.41, 5.74) is 1.41. The van der Waals surface area contributed by atoms with Gasteiger partial charge in [-0.2, -0.15) is 13.2 Å². The Balaban J connectivity index is 1.35. The number of rotatable bonds is 3. The molecular weight excluding hydrogens is 405 g/mol. The summed E-state index contributed by atoms with van der Waals surface area (Å²) < 4.78 is 38.0. The Hall–Kier alpha value is -2.58. The van der Waals surface area contributed by atoms with Gasteiger partial charge in [-0.3, -0.25) is 9.69 Å². The molecule has 1 saturated heterocycles. The number of aromatic nitrogens is 2. The molecule has 0 bridgehead atoms. The first-order chi connectivity index (χ1) is 13.8. The molecule has 1 aromatic carbocycles. The average Bonchev–Trinajstić information content (AvgIpc) is 3.11. The maximum absolute atomic E-state index is 12.8. The molecule has 1 fully saturated rings. The average molecular weight is 423 g/mol. The molecule has 5 nitrogen and oxygen atoms in total. The number of fused-ring (bicyclic) bond motifs is 1. The van der Waals surface area contributed by atoms with Gasteiger partial charge in [0.05, 0.1) is 17.3 Å². The summed E-state index contributed by atoms with van der Waals surface area (Å²) in [6.07, 6.45) is -2.73. The van der Waals surface area contributed by atoms with E-state index in [0.29, 0.717) is 43.6 Å². The van der Waals surface area contributed by atoms with Crippen LogP contribution in [0.25, 0.3) is 10.9 Å². The molecule has 0 spiro atoms. The number of piperazine rings is 1. The van der Waals surface area contributed by atoms with Crippen molar-refractivity contribution in [3.8, 4) is 0 Å². The van der Waals surface area contributed by atoms with E-state index in [1.807, 2.05) is 0 Å². The van der Waals surface area contributed by atoms with Gasteiger partial charge in [0.2, 0.25) is 0 Å². The fourth-order valence-corrected chi connectivity index (χ4v) is 3.62. The van der Waals surface area contributed by atoms with Crippen molar-refractivity contribution < 1.29 is 18.0 Å². The number of H-pyrrole nitrogens is 1. The van der Waals surface area contributed by atoms with E-state index in [4.69, 9.17) is 11.6 Å². The summed E-state index contributed by atoms with van der Waals surface area (Å²) in [7, 11) is 0. The molecule has 0 saturated carbocycles. The number of carbonyl (C=O) groups excluding carboxylic acids is 1. The number of nitrogens with zero attached hydrogens (tertiary/aromatic N) is 3. The fraction of sp³-hybridized carbons (Fsp3) is 0.300. The predicted octanol–water partition coefficient (Wildman–Crippen LogP) is 4.19. The van der Waals surface area contributed by atoms with Crippen molar-refractivity contribution in [3.63, 3.8) is 0 Å². The molecule has 29 heavy (non-hydrogen) atoms. The highest BCUT2D eigenvalue weighted by Crippen LogP contribution is 2.29. The Labute approximate surface area is 170 Å². The standard InChI is InChI=1S/C20H18ClF3N4O/c21-18-10-14-9-16(26-17(14)11-25-18)19(29)28-7-5-27(6-8-28)12-13-1-3-15(4-2-13)20(22,23)24/h1-4,9-11,26H,5-8,12H2. The Bertz CT molecular complexity index is 1020. The van der Waals surface area contributed by atoms with Crippen LogP contribution in [0.4, 0.5) is 13.2 Å². The van der Waals surface area contributed by atoms with Crippen LogP contribution in [0.5, 0.6) is 0 Å². The summed E-state index contributed by atoms with van der Waals surface area (Å²) in [4.78, 5) is 23.7. The van der Waals surface area contributed by atoms with Crippen LogP contribution in [-0.2, 0) is 12.7 Å². The Kier molecular flexibility index (Phi) is 5.23. The highest BCUT2D eigenvalue weighted by Gasteiger charge is 2.30. The molecule has 0 aliphatic carbocycles. The molecular formula is C20H18ClF3N4O. The van der Waals surface area contributed by atoms with Crippen LogP contribution < -0.4 is 0 Å². The van der Waals surface area contributed by atoms with Crippen molar-refractivity contribution in [2.75, 3.05) is 26.2 Å². The molecule has 1 aliphatic heterocycles. The molecule has 1 amide bonds. The van der Waals surface area contributed by atoms with Gasteiger partial charge in [0.25, 0.3) is 5.91 Å². The Morgan fingerprint density at radius 2 is 1.79 bits per heavy atom. The van der Waals surface area contributed by atoms with Crippen LogP contribution in [0.3, 0.4) is 0 Å². The van der Waals surface area contributed by atoms with Gasteiger partial charge in [0, 0.05) is 38.1 Å². The minimum atomic E-state index is -4.32. The van der Waals surface area contributed by atoms with Gasteiger partial charge in [-0.05, 0) is 29.8 Å². The van der Waals surface area contributed by atoms with E-state index in [9.17, 15) is 18.0 Å². The lowest BCUT2D eigenvalue weighted by molar-refractivity contribution is -0.137. The van der Waals surface area contributed by atoms with Crippen LogP contribution in [0.1, 0.15) is 21.6 Å². The second-order valence-corrected chi connectivity index (χ2v) is 7.43. The largest absolute Gasteiger partial charge is 0.416 e. The van der Waals surface area contributed by atoms with E-state index in [1.54, 1.807) is 23.2 Å². The fourth-order valence-electron chi connectivity index (χ4n) is 3.46. The molecule has 1 aliphatic rings. The molecule has 3 aromatic rings. The van der Waals surface area contributed by atoms with Gasteiger partial charge < -0.3 is 9.88 Å². The van der Waals surface area contributed by atoms with Crippen molar-refractivity contribution in [2.45, 2.75) is 12.7 Å². The number of halogens is 4. The van der Waals surface area contributed by atoms with Crippen molar-refractivity contribution in [3.05, 3.63) is 64.6 Å². The quantitative estimate of drug-likeness (QED) is 0.644. The lowest BCUT2D eigenvalue weighted by atomic mass is 10.1. The molecule has 9 heteroatoms. The number of hydrogen-bond donors (Lipinski definition) is 1. The second-order valence-electron chi connectivity index (χ2n) is 7.04.